The quantitative estimate of drug-likeness (QED) is 0.851. The van der Waals surface area contributed by atoms with Gasteiger partial charge in [-0.05, 0) is 37.0 Å². The molecule has 0 N–H and O–H groups in total. The summed E-state index contributed by atoms with van der Waals surface area (Å²) in [5.74, 6) is 0.427. The summed E-state index contributed by atoms with van der Waals surface area (Å²) in [4.78, 5) is 0.0708. The van der Waals surface area contributed by atoms with Crippen LogP contribution in [0.25, 0.3) is 0 Å². The Bertz CT molecular complexity index is 646. The Hall–Kier alpha value is -1.09. The van der Waals surface area contributed by atoms with Gasteiger partial charge in [0.2, 0.25) is 10.0 Å². The number of hydrogen-bond acceptors (Lipinski definition) is 3. The van der Waals surface area contributed by atoms with Crippen molar-refractivity contribution >= 4 is 21.6 Å². The largest absolute Gasteiger partial charge is 0.244 e. The van der Waals surface area contributed by atoms with Crippen molar-refractivity contribution in [2.45, 2.75) is 37.0 Å². The van der Waals surface area contributed by atoms with Gasteiger partial charge >= 0.3 is 0 Å². The lowest BCUT2D eigenvalue weighted by Gasteiger charge is -2.26. The molecule has 1 fully saturated rings. The number of sulfonamides is 1. The summed E-state index contributed by atoms with van der Waals surface area (Å²) in [6.45, 7) is 0.526. The van der Waals surface area contributed by atoms with Crippen LogP contribution in [0.3, 0.4) is 0 Å². The zero-order valence-electron chi connectivity index (χ0n) is 12.0. The average Bonchev–Trinajstić information content (AvgIpc) is 2.47. The highest BCUT2D eigenvalue weighted by atomic mass is 35.5. The third kappa shape index (κ3) is 3.76. The molecule has 0 radical (unpaired) electrons. The van der Waals surface area contributed by atoms with Gasteiger partial charge in [-0.1, -0.05) is 30.9 Å². The predicted molar refractivity (Wildman–Crippen MR) is 82.6 cm³/mol. The van der Waals surface area contributed by atoms with E-state index in [-0.39, 0.29) is 9.92 Å². The van der Waals surface area contributed by atoms with Gasteiger partial charge in [0.25, 0.3) is 0 Å². The van der Waals surface area contributed by atoms with Gasteiger partial charge in [0, 0.05) is 13.6 Å². The molecule has 0 saturated heterocycles. The first-order valence-electron chi connectivity index (χ1n) is 7.11. The molecule has 21 heavy (non-hydrogen) atoms. The van der Waals surface area contributed by atoms with E-state index in [0.29, 0.717) is 18.0 Å². The third-order valence-electron chi connectivity index (χ3n) is 3.99. The Morgan fingerprint density at radius 3 is 2.57 bits per heavy atom. The average molecular weight is 327 g/mol. The zero-order valence-corrected chi connectivity index (χ0v) is 13.6. The molecule has 0 bridgehead atoms. The van der Waals surface area contributed by atoms with Crippen LogP contribution in [0.4, 0.5) is 0 Å². The van der Waals surface area contributed by atoms with E-state index in [0.717, 1.165) is 12.8 Å². The molecule has 0 aromatic heterocycles. The Labute approximate surface area is 131 Å². The van der Waals surface area contributed by atoms with Crippen LogP contribution in [0.5, 0.6) is 0 Å². The minimum atomic E-state index is -3.60. The second kappa shape index (κ2) is 6.78. The first-order chi connectivity index (χ1) is 9.95. The van der Waals surface area contributed by atoms with Gasteiger partial charge < -0.3 is 0 Å². The summed E-state index contributed by atoms with van der Waals surface area (Å²) in [5, 5.41) is 8.91. The molecular formula is C15H19ClN2O2S. The Morgan fingerprint density at radius 1 is 1.33 bits per heavy atom. The predicted octanol–water partition coefficient (Wildman–Crippen LogP) is 3.41. The second-order valence-corrected chi connectivity index (χ2v) is 7.97. The summed E-state index contributed by atoms with van der Waals surface area (Å²) in [6.07, 6.45) is 5.77. The highest BCUT2D eigenvalue weighted by Crippen LogP contribution is 2.28. The molecule has 0 heterocycles. The maximum absolute atomic E-state index is 12.6. The van der Waals surface area contributed by atoms with Crippen LogP contribution in [-0.4, -0.2) is 26.3 Å². The van der Waals surface area contributed by atoms with Crippen LogP contribution >= 0.6 is 11.6 Å². The van der Waals surface area contributed by atoms with Crippen LogP contribution in [0, 0.1) is 17.2 Å². The van der Waals surface area contributed by atoms with E-state index in [1.54, 1.807) is 7.05 Å². The maximum Gasteiger partial charge on any atom is 0.244 e. The van der Waals surface area contributed by atoms with Gasteiger partial charge in [-0.2, -0.15) is 5.26 Å². The highest BCUT2D eigenvalue weighted by Gasteiger charge is 2.26. The summed E-state index contributed by atoms with van der Waals surface area (Å²) in [7, 11) is -2.01. The molecule has 0 aliphatic heterocycles. The lowest BCUT2D eigenvalue weighted by atomic mass is 9.89. The molecule has 0 amide bonds. The van der Waals surface area contributed by atoms with E-state index in [1.807, 2.05) is 6.07 Å². The minimum Gasteiger partial charge on any atom is -0.207 e. The van der Waals surface area contributed by atoms with Gasteiger partial charge in [0.15, 0.2) is 0 Å². The van der Waals surface area contributed by atoms with Crippen molar-refractivity contribution in [3.63, 3.8) is 0 Å². The number of halogens is 1. The lowest BCUT2D eigenvalue weighted by molar-refractivity contribution is 0.300. The molecule has 0 spiro atoms. The molecule has 2 rings (SSSR count). The fourth-order valence-corrected chi connectivity index (χ4v) is 4.54. The van der Waals surface area contributed by atoms with Crippen molar-refractivity contribution in [1.29, 1.82) is 5.26 Å². The van der Waals surface area contributed by atoms with E-state index >= 15 is 0 Å². The number of rotatable bonds is 4. The molecule has 1 aliphatic rings. The third-order valence-corrected chi connectivity index (χ3v) is 6.30. The fraction of sp³-hybridized carbons (Fsp3) is 0.533. The van der Waals surface area contributed by atoms with Gasteiger partial charge in [-0.25, -0.2) is 12.7 Å². The molecular weight excluding hydrogens is 308 g/mol. The summed E-state index contributed by atoms with van der Waals surface area (Å²) in [5.41, 5.74) is 0.355. The lowest BCUT2D eigenvalue weighted by Crippen LogP contribution is -2.32. The van der Waals surface area contributed by atoms with E-state index < -0.39 is 10.0 Å². The standard InChI is InChI=1S/C15H19ClN2O2S/c1-18(11-12-5-3-2-4-6-12)21(19,20)15-8-7-13(10-17)9-14(15)16/h7-9,12H,2-6,11H2,1H3. The number of nitrogens with zero attached hydrogens (tertiary/aromatic N) is 2. The van der Waals surface area contributed by atoms with Crippen LogP contribution in [-0.2, 0) is 10.0 Å². The smallest absolute Gasteiger partial charge is 0.207 e. The topological polar surface area (TPSA) is 61.2 Å². The molecule has 0 atom stereocenters. The van der Waals surface area contributed by atoms with Gasteiger partial charge in [0.05, 0.1) is 16.7 Å². The van der Waals surface area contributed by atoms with Crippen LogP contribution < -0.4 is 0 Å². The molecule has 1 aliphatic carbocycles. The van der Waals surface area contributed by atoms with E-state index in [4.69, 9.17) is 16.9 Å². The van der Waals surface area contributed by atoms with E-state index in [9.17, 15) is 8.42 Å². The Kier molecular flexibility index (Phi) is 5.26. The van der Waals surface area contributed by atoms with Crippen molar-refractivity contribution in [3.8, 4) is 6.07 Å². The van der Waals surface area contributed by atoms with Crippen LogP contribution in [0.15, 0.2) is 23.1 Å². The van der Waals surface area contributed by atoms with Crippen molar-refractivity contribution < 1.29 is 8.42 Å². The normalized spacial score (nSPS) is 16.9. The molecule has 4 nitrogen and oxygen atoms in total. The van der Waals surface area contributed by atoms with Crippen molar-refractivity contribution in [2.24, 2.45) is 5.92 Å². The van der Waals surface area contributed by atoms with Crippen molar-refractivity contribution in [3.05, 3.63) is 28.8 Å². The van der Waals surface area contributed by atoms with Gasteiger partial charge in [0.1, 0.15) is 4.90 Å². The number of hydrogen-bond donors (Lipinski definition) is 0. The monoisotopic (exact) mass is 326 g/mol. The maximum atomic E-state index is 12.6. The Morgan fingerprint density at radius 2 is 2.00 bits per heavy atom. The molecule has 0 unspecified atom stereocenters. The zero-order chi connectivity index (χ0) is 15.5. The number of nitriles is 1. The minimum absolute atomic E-state index is 0.0708. The summed E-state index contributed by atoms with van der Waals surface area (Å²) < 4.78 is 26.6. The van der Waals surface area contributed by atoms with Gasteiger partial charge in [-0.3, -0.25) is 0 Å². The van der Waals surface area contributed by atoms with Crippen LogP contribution in [0.2, 0.25) is 5.02 Å². The highest BCUT2D eigenvalue weighted by molar-refractivity contribution is 7.89. The van der Waals surface area contributed by atoms with E-state index in [2.05, 4.69) is 0 Å². The number of benzene rings is 1. The van der Waals surface area contributed by atoms with E-state index in [1.165, 1.54) is 41.8 Å². The summed E-state index contributed by atoms with van der Waals surface area (Å²) in [6, 6.07) is 6.23. The summed E-state index contributed by atoms with van der Waals surface area (Å²) >= 11 is 6.02. The first-order valence-corrected chi connectivity index (χ1v) is 8.93. The fourth-order valence-electron chi connectivity index (χ4n) is 2.78. The molecule has 1 aromatic rings. The van der Waals surface area contributed by atoms with Gasteiger partial charge in [-0.15, -0.1) is 0 Å². The SMILES string of the molecule is CN(CC1CCCCC1)S(=O)(=O)c1ccc(C#N)cc1Cl. The second-order valence-electron chi connectivity index (χ2n) is 5.55. The van der Waals surface area contributed by atoms with Crippen LogP contribution in [0.1, 0.15) is 37.7 Å². The molecule has 1 aromatic carbocycles. The molecule has 114 valence electrons. The van der Waals surface area contributed by atoms with Crippen molar-refractivity contribution in [2.75, 3.05) is 13.6 Å². The molecule has 1 saturated carbocycles. The molecule has 6 heteroatoms. The Balaban J connectivity index is 2.18. The van der Waals surface area contributed by atoms with Crippen molar-refractivity contribution in [1.82, 2.24) is 4.31 Å². The first kappa shape index (κ1) is 16.3.